The highest BCUT2D eigenvalue weighted by Crippen LogP contribution is 2.14. The number of morpholine rings is 1. The van der Waals surface area contributed by atoms with E-state index in [2.05, 4.69) is 53.4 Å². The van der Waals surface area contributed by atoms with Gasteiger partial charge in [-0.1, -0.05) is 25.1 Å². The molecule has 1 amide bonds. The molecule has 1 heterocycles. The number of aryl methyl sites for hydroxylation is 3. The number of nitrogens with one attached hydrogen (secondary N) is 2. The van der Waals surface area contributed by atoms with Gasteiger partial charge < -0.3 is 10.1 Å². The molecule has 6 heteroatoms. The molecule has 1 saturated heterocycles. The van der Waals surface area contributed by atoms with E-state index in [0.29, 0.717) is 18.1 Å². The van der Waals surface area contributed by atoms with Crippen molar-refractivity contribution in [1.29, 1.82) is 0 Å². The van der Waals surface area contributed by atoms with Crippen LogP contribution >= 0.6 is 0 Å². The molecule has 3 rings (SSSR count). The third-order valence-electron chi connectivity index (χ3n) is 5.42. The SMILES string of the molecule is CCc1ccc(C(=O)NC(=NCCN2CCOCC2)Nc2ccc(C)c(C)c2)cc1. The maximum absolute atomic E-state index is 12.8. The molecule has 0 unspecified atom stereocenters. The Labute approximate surface area is 179 Å². The van der Waals surface area contributed by atoms with E-state index < -0.39 is 0 Å². The van der Waals surface area contributed by atoms with Gasteiger partial charge in [-0.2, -0.15) is 0 Å². The molecule has 2 aromatic rings. The summed E-state index contributed by atoms with van der Waals surface area (Å²) in [5.74, 6) is 0.301. The van der Waals surface area contributed by atoms with Crippen molar-refractivity contribution in [3.63, 3.8) is 0 Å². The lowest BCUT2D eigenvalue weighted by Gasteiger charge is -2.25. The van der Waals surface area contributed by atoms with E-state index in [0.717, 1.165) is 45.0 Å². The number of hydrogen-bond acceptors (Lipinski definition) is 4. The third kappa shape index (κ3) is 6.40. The molecule has 0 aromatic heterocycles. The van der Waals surface area contributed by atoms with Crippen LogP contribution in [0.3, 0.4) is 0 Å². The van der Waals surface area contributed by atoms with E-state index in [-0.39, 0.29) is 5.91 Å². The fraction of sp³-hybridized carbons (Fsp3) is 0.417. The Bertz CT molecular complexity index is 871. The minimum absolute atomic E-state index is 0.167. The number of carbonyl (C=O) groups excluding carboxylic acids is 1. The summed E-state index contributed by atoms with van der Waals surface area (Å²) < 4.78 is 5.40. The van der Waals surface area contributed by atoms with Crippen molar-refractivity contribution in [1.82, 2.24) is 10.2 Å². The summed E-state index contributed by atoms with van der Waals surface area (Å²) >= 11 is 0. The molecule has 0 saturated carbocycles. The molecular weight excluding hydrogens is 376 g/mol. The van der Waals surface area contributed by atoms with Crippen LogP contribution in [-0.4, -0.2) is 56.2 Å². The predicted molar refractivity (Wildman–Crippen MR) is 122 cm³/mol. The summed E-state index contributed by atoms with van der Waals surface area (Å²) in [5.41, 5.74) is 5.15. The molecule has 30 heavy (non-hydrogen) atoms. The first-order chi connectivity index (χ1) is 14.5. The Morgan fingerprint density at radius 3 is 2.47 bits per heavy atom. The molecule has 0 bridgehead atoms. The van der Waals surface area contributed by atoms with Crippen LogP contribution in [0.25, 0.3) is 0 Å². The molecule has 0 radical (unpaired) electrons. The maximum atomic E-state index is 12.8. The van der Waals surface area contributed by atoms with Gasteiger partial charge in [0.2, 0.25) is 5.96 Å². The fourth-order valence-electron chi connectivity index (χ4n) is 3.27. The van der Waals surface area contributed by atoms with Gasteiger partial charge in [-0.15, -0.1) is 0 Å². The lowest BCUT2D eigenvalue weighted by molar-refractivity contribution is 0.0394. The van der Waals surface area contributed by atoms with Crippen LogP contribution in [0, 0.1) is 13.8 Å². The first kappa shape index (κ1) is 22.0. The smallest absolute Gasteiger partial charge is 0.257 e. The maximum Gasteiger partial charge on any atom is 0.257 e. The molecule has 0 aliphatic carbocycles. The highest BCUT2D eigenvalue weighted by molar-refractivity contribution is 6.10. The fourth-order valence-corrected chi connectivity index (χ4v) is 3.27. The Kier molecular flexibility index (Phi) is 7.99. The van der Waals surface area contributed by atoms with Gasteiger partial charge >= 0.3 is 0 Å². The minimum Gasteiger partial charge on any atom is -0.379 e. The van der Waals surface area contributed by atoms with E-state index in [1.165, 1.54) is 16.7 Å². The van der Waals surface area contributed by atoms with E-state index in [4.69, 9.17) is 4.74 Å². The lowest BCUT2D eigenvalue weighted by atomic mass is 10.1. The molecule has 0 atom stereocenters. The lowest BCUT2D eigenvalue weighted by Crippen LogP contribution is -2.39. The van der Waals surface area contributed by atoms with Gasteiger partial charge in [-0.05, 0) is 61.2 Å². The molecule has 2 N–H and O–H groups in total. The monoisotopic (exact) mass is 408 g/mol. The standard InChI is InChI=1S/C24H32N4O2/c1-4-20-6-8-21(9-7-20)23(29)27-24(25-11-12-28-13-15-30-16-14-28)26-22-10-5-18(2)19(3)17-22/h5-10,17H,4,11-16H2,1-3H3,(H2,25,26,27,29). The zero-order valence-electron chi connectivity index (χ0n) is 18.2. The van der Waals surface area contributed by atoms with Gasteiger partial charge in [0.05, 0.1) is 19.8 Å². The van der Waals surface area contributed by atoms with Crippen LogP contribution in [0.4, 0.5) is 5.69 Å². The average Bonchev–Trinajstić information content (AvgIpc) is 2.77. The van der Waals surface area contributed by atoms with Gasteiger partial charge in [-0.25, -0.2) is 0 Å². The minimum atomic E-state index is -0.167. The van der Waals surface area contributed by atoms with Gasteiger partial charge in [0.15, 0.2) is 0 Å². The second-order valence-corrected chi connectivity index (χ2v) is 7.61. The quantitative estimate of drug-likeness (QED) is 0.568. The van der Waals surface area contributed by atoms with Crippen LogP contribution in [0.2, 0.25) is 0 Å². The van der Waals surface area contributed by atoms with Crippen molar-refractivity contribution in [3.05, 3.63) is 64.7 Å². The Balaban J connectivity index is 1.70. The summed E-state index contributed by atoms with van der Waals surface area (Å²) in [4.78, 5) is 19.8. The van der Waals surface area contributed by atoms with Crippen molar-refractivity contribution < 1.29 is 9.53 Å². The van der Waals surface area contributed by atoms with Crippen molar-refractivity contribution >= 4 is 17.6 Å². The van der Waals surface area contributed by atoms with Crippen molar-refractivity contribution in [2.24, 2.45) is 4.99 Å². The van der Waals surface area contributed by atoms with Crippen LogP contribution in [0.15, 0.2) is 47.5 Å². The van der Waals surface area contributed by atoms with Gasteiger partial charge in [-0.3, -0.25) is 20.0 Å². The number of nitrogens with zero attached hydrogens (tertiary/aromatic N) is 2. The molecule has 1 fully saturated rings. The molecule has 160 valence electrons. The zero-order valence-corrected chi connectivity index (χ0v) is 18.2. The first-order valence-electron chi connectivity index (χ1n) is 10.6. The summed E-state index contributed by atoms with van der Waals surface area (Å²) in [7, 11) is 0. The van der Waals surface area contributed by atoms with E-state index in [9.17, 15) is 4.79 Å². The van der Waals surface area contributed by atoms with Gasteiger partial charge in [0.1, 0.15) is 0 Å². The number of rotatable bonds is 6. The number of amides is 1. The largest absolute Gasteiger partial charge is 0.379 e. The Morgan fingerprint density at radius 2 is 1.80 bits per heavy atom. The van der Waals surface area contributed by atoms with Crippen LogP contribution < -0.4 is 10.6 Å². The molecule has 1 aliphatic rings. The average molecular weight is 409 g/mol. The summed E-state index contributed by atoms with van der Waals surface area (Å²) in [5, 5.41) is 6.23. The Morgan fingerprint density at radius 1 is 1.07 bits per heavy atom. The van der Waals surface area contributed by atoms with Gasteiger partial charge in [0.25, 0.3) is 5.91 Å². The van der Waals surface area contributed by atoms with E-state index in [1.54, 1.807) is 0 Å². The van der Waals surface area contributed by atoms with Gasteiger partial charge in [0, 0.05) is 30.9 Å². The first-order valence-corrected chi connectivity index (χ1v) is 10.6. The highest BCUT2D eigenvalue weighted by atomic mass is 16.5. The Hall–Kier alpha value is -2.70. The topological polar surface area (TPSA) is 66.0 Å². The summed E-state index contributed by atoms with van der Waals surface area (Å²) in [6.07, 6.45) is 0.949. The second kappa shape index (κ2) is 10.9. The molecule has 2 aromatic carbocycles. The molecular formula is C24H32N4O2. The predicted octanol–water partition coefficient (Wildman–Crippen LogP) is 3.40. The number of ether oxygens (including phenoxy) is 1. The normalized spacial score (nSPS) is 15.1. The van der Waals surface area contributed by atoms with Crippen LogP contribution in [0.1, 0.15) is 34.0 Å². The second-order valence-electron chi connectivity index (χ2n) is 7.61. The number of anilines is 1. The number of benzene rings is 2. The van der Waals surface area contributed by atoms with Crippen LogP contribution in [-0.2, 0) is 11.2 Å². The van der Waals surface area contributed by atoms with Crippen molar-refractivity contribution in [3.8, 4) is 0 Å². The zero-order chi connectivity index (χ0) is 21.3. The molecule has 1 aliphatic heterocycles. The van der Waals surface area contributed by atoms with Crippen molar-refractivity contribution in [2.45, 2.75) is 27.2 Å². The number of guanidine groups is 1. The third-order valence-corrected chi connectivity index (χ3v) is 5.42. The molecule has 0 spiro atoms. The van der Waals surface area contributed by atoms with E-state index in [1.807, 2.05) is 30.3 Å². The number of hydrogen-bond donors (Lipinski definition) is 2. The van der Waals surface area contributed by atoms with E-state index >= 15 is 0 Å². The highest BCUT2D eigenvalue weighted by Gasteiger charge is 2.12. The van der Waals surface area contributed by atoms with Crippen LogP contribution in [0.5, 0.6) is 0 Å². The van der Waals surface area contributed by atoms with Crippen molar-refractivity contribution in [2.75, 3.05) is 44.7 Å². The number of carbonyl (C=O) groups is 1. The summed E-state index contributed by atoms with van der Waals surface area (Å²) in [6, 6.07) is 13.8. The molecule has 6 nitrogen and oxygen atoms in total. The number of aliphatic imine (C=N–C) groups is 1. The summed E-state index contributed by atoms with van der Waals surface area (Å²) in [6.45, 7) is 11.1.